The minimum atomic E-state index is 0.488. The lowest BCUT2D eigenvalue weighted by Gasteiger charge is -2.23. The summed E-state index contributed by atoms with van der Waals surface area (Å²) in [4.78, 5) is 4.44. The molecule has 0 atom stereocenters. The molecule has 24 heavy (non-hydrogen) atoms. The van der Waals surface area contributed by atoms with E-state index in [0.29, 0.717) is 12.0 Å². The van der Waals surface area contributed by atoms with Crippen LogP contribution in [-0.4, -0.2) is 9.55 Å². The maximum absolute atomic E-state index is 6.28. The van der Waals surface area contributed by atoms with Gasteiger partial charge >= 0.3 is 0 Å². The molecular weight excluding hydrogens is 294 g/mol. The van der Waals surface area contributed by atoms with Crippen molar-refractivity contribution in [2.24, 2.45) is 0 Å². The van der Waals surface area contributed by atoms with Gasteiger partial charge in [-0.1, -0.05) is 88.1 Å². The van der Waals surface area contributed by atoms with Gasteiger partial charge in [-0.2, -0.15) is 0 Å². The van der Waals surface area contributed by atoms with Gasteiger partial charge in [0.25, 0.3) is 0 Å². The number of aromatic nitrogens is 2. The molecule has 0 bridgehead atoms. The van der Waals surface area contributed by atoms with Crippen LogP contribution in [0.2, 0.25) is 0 Å². The molecule has 2 aromatic rings. The number of imidazole rings is 1. The second kappa shape index (κ2) is 8.91. The van der Waals surface area contributed by atoms with Crippen LogP contribution in [0.3, 0.4) is 0 Å². The molecule has 0 saturated heterocycles. The number of hydrogen-bond acceptors (Lipinski definition) is 2. The Morgan fingerprint density at radius 2 is 1.33 bits per heavy atom. The predicted octanol–water partition coefficient (Wildman–Crippen LogP) is 5.98. The van der Waals surface area contributed by atoms with E-state index in [4.69, 9.17) is 5.73 Å². The van der Waals surface area contributed by atoms with E-state index in [2.05, 4.69) is 39.9 Å². The van der Waals surface area contributed by atoms with E-state index in [1.807, 2.05) is 6.20 Å². The molecule has 3 heteroatoms. The van der Waals surface area contributed by atoms with E-state index in [-0.39, 0.29) is 0 Å². The first-order valence-corrected chi connectivity index (χ1v) is 9.74. The molecule has 1 heterocycles. The molecule has 0 amide bonds. The Labute approximate surface area is 146 Å². The summed E-state index contributed by atoms with van der Waals surface area (Å²) < 4.78 is 2.31. The van der Waals surface area contributed by atoms with E-state index in [1.165, 1.54) is 81.9 Å². The summed E-state index contributed by atoms with van der Waals surface area (Å²) in [6.07, 6.45) is 16.7. The average molecular weight is 326 g/mol. The number of nitrogens with zero attached hydrogens (tertiary/aromatic N) is 2. The molecule has 1 saturated carbocycles. The lowest BCUT2D eigenvalue weighted by Crippen LogP contribution is -2.14. The topological polar surface area (TPSA) is 43.8 Å². The van der Waals surface area contributed by atoms with Gasteiger partial charge in [0, 0.05) is 6.04 Å². The third kappa shape index (κ3) is 4.40. The van der Waals surface area contributed by atoms with Crippen LogP contribution in [0.1, 0.15) is 76.7 Å². The van der Waals surface area contributed by atoms with Crippen LogP contribution in [0.25, 0.3) is 11.3 Å². The first-order chi connectivity index (χ1) is 11.9. The number of anilines is 1. The van der Waals surface area contributed by atoms with E-state index in [1.54, 1.807) is 0 Å². The van der Waals surface area contributed by atoms with Crippen molar-refractivity contribution in [3.05, 3.63) is 36.5 Å². The minimum absolute atomic E-state index is 0.488. The van der Waals surface area contributed by atoms with Gasteiger partial charge in [-0.15, -0.1) is 0 Å². The lowest BCUT2D eigenvalue weighted by atomic mass is 9.97. The zero-order valence-electron chi connectivity index (χ0n) is 14.8. The first-order valence-electron chi connectivity index (χ1n) is 9.74. The van der Waals surface area contributed by atoms with Crippen molar-refractivity contribution in [2.45, 2.75) is 76.7 Å². The molecule has 3 nitrogen and oxygen atoms in total. The maximum Gasteiger partial charge on any atom is 0.200 e. The molecule has 0 radical (unpaired) electrons. The second-order valence-corrected chi connectivity index (χ2v) is 7.15. The van der Waals surface area contributed by atoms with Crippen molar-refractivity contribution < 1.29 is 0 Å². The Morgan fingerprint density at radius 1 is 0.792 bits per heavy atom. The molecule has 1 aromatic carbocycles. The van der Waals surface area contributed by atoms with Crippen molar-refractivity contribution in [3.63, 3.8) is 0 Å². The van der Waals surface area contributed by atoms with Gasteiger partial charge in [0.2, 0.25) is 5.95 Å². The standard InChI is InChI=1S/C21H31N3/c22-21-23-17-20(18-13-9-8-10-14-18)24(21)19-15-11-6-4-2-1-3-5-7-12-16-19/h8-10,13-14,17,19H,1-7,11-12,15-16H2,(H2,22,23). The molecule has 1 aliphatic rings. The Hall–Kier alpha value is -1.77. The van der Waals surface area contributed by atoms with Crippen LogP contribution in [0.4, 0.5) is 5.95 Å². The molecule has 0 unspecified atom stereocenters. The summed E-state index contributed by atoms with van der Waals surface area (Å²) in [7, 11) is 0. The van der Waals surface area contributed by atoms with Crippen LogP contribution in [0.15, 0.2) is 36.5 Å². The van der Waals surface area contributed by atoms with Crippen LogP contribution < -0.4 is 5.73 Å². The number of nitrogen functional groups attached to an aromatic ring is 1. The highest BCUT2D eigenvalue weighted by atomic mass is 15.2. The van der Waals surface area contributed by atoms with Gasteiger partial charge in [-0.25, -0.2) is 4.98 Å². The number of benzene rings is 1. The Kier molecular flexibility index (Phi) is 6.33. The second-order valence-electron chi connectivity index (χ2n) is 7.15. The van der Waals surface area contributed by atoms with Gasteiger partial charge in [0.05, 0.1) is 11.9 Å². The highest BCUT2D eigenvalue weighted by molar-refractivity contribution is 5.61. The molecule has 1 fully saturated rings. The molecule has 0 spiro atoms. The summed E-state index contributed by atoms with van der Waals surface area (Å²) in [6, 6.07) is 11.0. The SMILES string of the molecule is Nc1ncc(-c2ccccc2)n1C1CCCCCCCCCCC1. The van der Waals surface area contributed by atoms with Crippen molar-refractivity contribution in [2.75, 3.05) is 5.73 Å². The third-order valence-electron chi connectivity index (χ3n) is 5.33. The fraction of sp³-hybridized carbons (Fsp3) is 0.571. The average Bonchev–Trinajstić information content (AvgIpc) is 2.98. The van der Waals surface area contributed by atoms with Crippen LogP contribution in [-0.2, 0) is 0 Å². The van der Waals surface area contributed by atoms with E-state index in [9.17, 15) is 0 Å². The lowest BCUT2D eigenvalue weighted by molar-refractivity contribution is 0.393. The highest BCUT2D eigenvalue weighted by Crippen LogP contribution is 2.32. The molecule has 130 valence electrons. The predicted molar refractivity (Wildman–Crippen MR) is 102 cm³/mol. The molecule has 1 aromatic heterocycles. The van der Waals surface area contributed by atoms with Crippen molar-refractivity contribution >= 4 is 5.95 Å². The van der Waals surface area contributed by atoms with Crippen molar-refractivity contribution in [3.8, 4) is 11.3 Å². The summed E-state index contributed by atoms with van der Waals surface area (Å²) in [5.74, 6) is 0.672. The van der Waals surface area contributed by atoms with Crippen molar-refractivity contribution in [1.82, 2.24) is 9.55 Å². The summed E-state index contributed by atoms with van der Waals surface area (Å²) in [5, 5.41) is 0. The van der Waals surface area contributed by atoms with E-state index in [0.717, 1.165) is 0 Å². The Bertz CT molecular complexity index is 591. The first kappa shape index (κ1) is 17.1. The highest BCUT2D eigenvalue weighted by Gasteiger charge is 2.18. The van der Waals surface area contributed by atoms with Gasteiger partial charge in [0.15, 0.2) is 0 Å². The zero-order valence-corrected chi connectivity index (χ0v) is 14.8. The molecule has 3 rings (SSSR count). The van der Waals surface area contributed by atoms with Crippen LogP contribution >= 0.6 is 0 Å². The largest absolute Gasteiger partial charge is 0.369 e. The van der Waals surface area contributed by atoms with Gasteiger partial charge in [0.1, 0.15) is 0 Å². The molecular formula is C21H31N3. The van der Waals surface area contributed by atoms with Gasteiger partial charge in [-0.3, -0.25) is 0 Å². The summed E-state index contributed by atoms with van der Waals surface area (Å²) in [5.41, 5.74) is 8.66. The fourth-order valence-corrected chi connectivity index (χ4v) is 3.98. The van der Waals surface area contributed by atoms with Gasteiger partial charge in [-0.05, 0) is 18.4 Å². The monoisotopic (exact) mass is 325 g/mol. The van der Waals surface area contributed by atoms with E-state index >= 15 is 0 Å². The third-order valence-corrected chi connectivity index (χ3v) is 5.33. The Balaban J connectivity index is 1.80. The quantitative estimate of drug-likeness (QED) is 0.738. The van der Waals surface area contributed by atoms with Crippen LogP contribution in [0.5, 0.6) is 0 Å². The van der Waals surface area contributed by atoms with Gasteiger partial charge < -0.3 is 10.3 Å². The normalized spacial score (nSPS) is 18.7. The summed E-state index contributed by atoms with van der Waals surface area (Å²) in [6.45, 7) is 0. The maximum atomic E-state index is 6.28. The Morgan fingerprint density at radius 3 is 1.92 bits per heavy atom. The number of hydrogen-bond donors (Lipinski definition) is 1. The van der Waals surface area contributed by atoms with Crippen LogP contribution in [0, 0.1) is 0 Å². The minimum Gasteiger partial charge on any atom is -0.369 e. The number of nitrogens with two attached hydrogens (primary N) is 1. The summed E-state index contributed by atoms with van der Waals surface area (Å²) >= 11 is 0. The fourth-order valence-electron chi connectivity index (χ4n) is 3.98. The molecule has 0 aliphatic heterocycles. The van der Waals surface area contributed by atoms with Crippen molar-refractivity contribution in [1.29, 1.82) is 0 Å². The zero-order chi connectivity index (χ0) is 16.6. The van der Waals surface area contributed by atoms with E-state index < -0.39 is 0 Å². The molecule has 2 N–H and O–H groups in total. The molecule has 1 aliphatic carbocycles. The smallest absolute Gasteiger partial charge is 0.200 e. The number of rotatable bonds is 2.